The fourth-order valence-electron chi connectivity index (χ4n) is 2.51. The highest BCUT2D eigenvalue weighted by atomic mass is 16.6. The van der Waals surface area contributed by atoms with Crippen LogP contribution < -0.4 is 16.0 Å². The molecule has 1 aliphatic carbocycles. The Hall–Kier alpha value is -1.34. The molecule has 2 amide bonds. The molecule has 134 valence electrons. The first-order valence-corrected chi connectivity index (χ1v) is 8.28. The Morgan fingerprint density at radius 2 is 1.70 bits per heavy atom. The standard InChI is InChI=1S/C16H31N3O4/c1-16(2,3)23-15(21)19-13-7-5-12(6-8-13)18-11-14(20)17-9-10-22-4/h12-13,18H,5-11H2,1-4H3,(H,17,20)(H,19,21). The van der Waals surface area contributed by atoms with Crippen LogP contribution in [0.25, 0.3) is 0 Å². The van der Waals surface area contributed by atoms with Gasteiger partial charge in [-0.25, -0.2) is 4.79 Å². The SMILES string of the molecule is COCCNC(=O)CNC1CCC(NC(=O)OC(C)(C)C)CC1. The second-order valence-electron chi connectivity index (χ2n) is 6.92. The summed E-state index contributed by atoms with van der Waals surface area (Å²) in [7, 11) is 1.61. The van der Waals surface area contributed by atoms with E-state index in [0.717, 1.165) is 25.7 Å². The van der Waals surface area contributed by atoms with Crippen molar-refractivity contribution in [2.24, 2.45) is 0 Å². The molecule has 23 heavy (non-hydrogen) atoms. The van der Waals surface area contributed by atoms with Gasteiger partial charge in [-0.2, -0.15) is 0 Å². The van der Waals surface area contributed by atoms with Crippen molar-refractivity contribution in [3.8, 4) is 0 Å². The summed E-state index contributed by atoms with van der Waals surface area (Å²) >= 11 is 0. The molecule has 0 aromatic carbocycles. The van der Waals surface area contributed by atoms with E-state index in [1.165, 1.54) is 0 Å². The number of amides is 2. The van der Waals surface area contributed by atoms with Crippen LogP contribution in [-0.2, 0) is 14.3 Å². The fourth-order valence-corrected chi connectivity index (χ4v) is 2.51. The third kappa shape index (κ3) is 9.40. The summed E-state index contributed by atoms with van der Waals surface area (Å²) < 4.78 is 10.1. The van der Waals surface area contributed by atoms with Gasteiger partial charge in [0.2, 0.25) is 5.91 Å². The van der Waals surface area contributed by atoms with Crippen LogP contribution in [0.5, 0.6) is 0 Å². The second-order valence-corrected chi connectivity index (χ2v) is 6.92. The van der Waals surface area contributed by atoms with Gasteiger partial charge in [0, 0.05) is 25.7 Å². The Kier molecular flexibility index (Phi) is 8.33. The van der Waals surface area contributed by atoms with E-state index in [1.54, 1.807) is 7.11 Å². The maximum atomic E-state index is 11.7. The van der Waals surface area contributed by atoms with Gasteiger partial charge in [-0.1, -0.05) is 0 Å². The van der Waals surface area contributed by atoms with Crippen molar-refractivity contribution in [1.29, 1.82) is 0 Å². The minimum Gasteiger partial charge on any atom is -0.444 e. The Bertz CT molecular complexity index is 374. The van der Waals surface area contributed by atoms with Gasteiger partial charge < -0.3 is 25.4 Å². The van der Waals surface area contributed by atoms with Gasteiger partial charge in [0.25, 0.3) is 0 Å². The molecule has 0 radical (unpaired) electrons. The number of alkyl carbamates (subject to hydrolysis) is 1. The van der Waals surface area contributed by atoms with Crippen molar-refractivity contribution in [3.63, 3.8) is 0 Å². The van der Waals surface area contributed by atoms with E-state index in [2.05, 4.69) is 16.0 Å². The van der Waals surface area contributed by atoms with E-state index >= 15 is 0 Å². The van der Waals surface area contributed by atoms with Crippen molar-refractivity contribution in [2.45, 2.75) is 64.1 Å². The maximum Gasteiger partial charge on any atom is 0.407 e. The minimum absolute atomic E-state index is 0.0175. The topological polar surface area (TPSA) is 88.7 Å². The van der Waals surface area contributed by atoms with Gasteiger partial charge in [0.15, 0.2) is 0 Å². The maximum absolute atomic E-state index is 11.7. The van der Waals surface area contributed by atoms with E-state index < -0.39 is 5.60 Å². The van der Waals surface area contributed by atoms with Crippen molar-refractivity contribution >= 4 is 12.0 Å². The third-order valence-electron chi connectivity index (χ3n) is 3.63. The monoisotopic (exact) mass is 329 g/mol. The van der Waals surface area contributed by atoms with Gasteiger partial charge in [0.1, 0.15) is 5.60 Å². The molecule has 0 aromatic heterocycles. The molecule has 1 saturated carbocycles. The quantitative estimate of drug-likeness (QED) is 0.610. The molecule has 1 aliphatic rings. The molecule has 0 saturated heterocycles. The Balaban J connectivity index is 2.15. The molecule has 1 fully saturated rings. The number of hydrogen-bond donors (Lipinski definition) is 3. The lowest BCUT2D eigenvalue weighted by molar-refractivity contribution is -0.120. The summed E-state index contributed by atoms with van der Waals surface area (Å²) in [6.45, 7) is 6.93. The molecule has 3 N–H and O–H groups in total. The first-order valence-electron chi connectivity index (χ1n) is 8.28. The normalized spacial score (nSPS) is 21.6. The smallest absolute Gasteiger partial charge is 0.407 e. The number of carbonyl (C=O) groups excluding carboxylic acids is 2. The molecule has 0 aromatic rings. The first-order chi connectivity index (χ1) is 10.8. The Morgan fingerprint density at radius 3 is 2.26 bits per heavy atom. The molecular weight excluding hydrogens is 298 g/mol. The zero-order chi connectivity index (χ0) is 17.3. The molecular formula is C16H31N3O4. The van der Waals surface area contributed by atoms with Gasteiger partial charge >= 0.3 is 6.09 Å². The van der Waals surface area contributed by atoms with E-state index in [4.69, 9.17) is 9.47 Å². The number of ether oxygens (including phenoxy) is 2. The lowest BCUT2D eigenvalue weighted by Crippen LogP contribution is -2.46. The number of carbonyl (C=O) groups is 2. The lowest BCUT2D eigenvalue weighted by Gasteiger charge is -2.30. The Labute approximate surface area is 138 Å². The van der Waals surface area contributed by atoms with Crippen LogP contribution >= 0.6 is 0 Å². The molecule has 7 heteroatoms. The van der Waals surface area contributed by atoms with Crippen molar-refractivity contribution in [3.05, 3.63) is 0 Å². The van der Waals surface area contributed by atoms with Crippen LogP contribution in [0.1, 0.15) is 46.5 Å². The van der Waals surface area contributed by atoms with E-state index in [0.29, 0.717) is 25.7 Å². The fraction of sp³-hybridized carbons (Fsp3) is 0.875. The average molecular weight is 329 g/mol. The van der Waals surface area contributed by atoms with E-state index in [1.807, 2.05) is 20.8 Å². The summed E-state index contributed by atoms with van der Waals surface area (Å²) in [5.74, 6) is -0.0175. The van der Waals surface area contributed by atoms with Crippen LogP contribution in [0.4, 0.5) is 4.79 Å². The van der Waals surface area contributed by atoms with Gasteiger partial charge in [-0.3, -0.25) is 4.79 Å². The molecule has 0 unspecified atom stereocenters. The predicted molar refractivity (Wildman–Crippen MR) is 88.3 cm³/mol. The van der Waals surface area contributed by atoms with Crippen molar-refractivity contribution in [2.75, 3.05) is 26.8 Å². The second kappa shape index (κ2) is 9.72. The van der Waals surface area contributed by atoms with E-state index in [-0.39, 0.29) is 18.0 Å². The number of nitrogens with one attached hydrogen (secondary N) is 3. The summed E-state index contributed by atoms with van der Waals surface area (Å²) in [5.41, 5.74) is -0.473. The summed E-state index contributed by atoms with van der Waals surface area (Å²) in [4.78, 5) is 23.3. The van der Waals surface area contributed by atoms with Crippen LogP contribution in [0, 0.1) is 0 Å². The van der Waals surface area contributed by atoms with Crippen LogP contribution in [0.3, 0.4) is 0 Å². The molecule has 7 nitrogen and oxygen atoms in total. The van der Waals surface area contributed by atoms with Crippen LogP contribution in [0.2, 0.25) is 0 Å². The largest absolute Gasteiger partial charge is 0.444 e. The lowest BCUT2D eigenvalue weighted by atomic mass is 9.91. The molecule has 0 spiro atoms. The Morgan fingerprint density at radius 1 is 1.09 bits per heavy atom. The van der Waals surface area contributed by atoms with Crippen molar-refractivity contribution < 1.29 is 19.1 Å². The number of methoxy groups -OCH3 is 1. The number of hydrogen-bond acceptors (Lipinski definition) is 5. The van der Waals surface area contributed by atoms with E-state index in [9.17, 15) is 9.59 Å². The molecule has 1 rings (SSSR count). The van der Waals surface area contributed by atoms with Gasteiger partial charge in [-0.15, -0.1) is 0 Å². The zero-order valence-corrected chi connectivity index (χ0v) is 14.7. The van der Waals surface area contributed by atoms with Crippen molar-refractivity contribution in [1.82, 2.24) is 16.0 Å². The highest BCUT2D eigenvalue weighted by Crippen LogP contribution is 2.19. The zero-order valence-electron chi connectivity index (χ0n) is 14.7. The van der Waals surface area contributed by atoms with Crippen LogP contribution in [0.15, 0.2) is 0 Å². The summed E-state index contributed by atoms with van der Waals surface area (Å²) in [5, 5.41) is 8.96. The predicted octanol–water partition coefficient (Wildman–Crippen LogP) is 1.17. The van der Waals surface area contributed by atoms with Gasteiger partial charge in [-0.05, 0) is 46.5 Å². The highest BCUT2D eigenvalue weighted by Gasteiger charge is 2.24. The summed E-state index contributed by atoms with van der Waals surface area (Å²) in [6, 6.07) is 0.471. The molecule has 0 bridgehead atoms. The first kappa shape index (κ1) is 19.7. The van der Waals surface area contributed by atoms with Crippen LogP contribution in [-0.4, -0.2) is 56.5 Å². The molecule has 0 aliphatic heterocycles. The molecule has 0 atom stereocenters. The minimum atomic E-state index is -0.473. The highest BCUT2D eigenvalue weighted by molar-refractivity contribution is 5.78. The summed E-state index contributed by atoms with van der Waals surface area (Å²) in [6.07, 6.45) is 3.30. The number of rotatable bonds is 7. The average Bonchev–Trinajstić information content (AvgIpc) is 2.45. The van der Waals surface area contributed by atoms with Gasteiger partial charge in [0.05, 0.1) is 13.2 Å². The third-order valence-corrected chi connectivity index (χ3v) is 3.63. The molecule has 0 heterocycles.